The third-order valence-corrected chi connectivity index (χ3v) is 2.63. The lowest BCUT2D eigenvalue weighted by atomic mass is 9.90. The molecule has 0 aromatic carbocycles. The third-order valence-electron chi connectivity index (χ3n) is 2.44. The molecule has 1 aromatic rings. The quantitative estimate of drug-likeness (QED) is 0.839. The summed E-state index contributed by atoms with van der Waals surface area (Å²) >= 11 is 5.65. The fourth-order valence-corrected chi connectivity index (χ4v) is 1.78. The lowest BCUT2D eigenvalue weighted by Crippen LogP contribution is -2.24. The molecular formula is C11H15ClF3N3. The highest BCUT2D eigenvalue weighted by molar-refractivity contribution is 6.17. The molecule has 3 nitrogen and oxygen atoms in total. The number of hydrogen-bond acceptors (Lipinski definition) is 3. The van der Waals surface area contributed by atoms with Crippen LogP contribution in [0.2, 0.25) is 0 Å². The van der Waals surface area contributed by atoms with Crippen LogP contribution in [0.15, 0.2) is 12.3 Å². The highest BCUT2D eigenvalue weighted by Crippen LogP contribution is 2.28. The molecule has 1 rings (SSSR count). The molecule has 0 atom stereocenters. The average molecular weight is 282 g/mol. The molecule has 0 aliphatic heterocycles. The Kier molecular flexibility index (Phi) is 4.78. The van der Waals surface area contributed by atoms with E-state index in [9.17, 15) is 13.2 Å². The summed E-state index contributed by atoms with van der Waals surface area (Å²) in [6, 6.07) is 0.842. The SMILES string of the molecule is CC(C)(CCCl)CNc1nccc(C(F)(F)F)n1. The molecule has 0 bridgehead atoms. The zero-order valence-electron chi connectivity index (χ0n) is 10.2. The maximum Gasteiger partial charge on any atom is 0.433 e. The number of anilines is 1. The van der Waals surface area contributed by atoms with Crippen LogP contribution in [0.3, 0.4) is 0 Å². The zero-order valence-corrected chi connectivity index (χ0v) is 10.9. The topological polar surface area (TPSA) is 37.8 Å². The van der Waals surface area contributed by atoms with Gasteiger partial charge in [0.15, 0.2) is 0 Å². The van der Waals surface area contributed by atoms with E-state index in [4.69, 9.17) is 11.6 Å². The summed E-state index contributed by atoms with van der Waals surface area (Å²) in [6.07, 6.45) is -2.61. The Hall–Kier alpha value is -1.04. The van der Waals surface area contributed by atoms with E-state index >= 15 is 0 Å². The molecule has 0 amide bonds. The molecule has 18 heavy (non-hydrogen) atoms. The fourth-order valence-electron chi connectivity index (χ4n) is 1.26. The summed E-state index contributed by atoms with van der Waals surface area (Å²) in [5.74, 6) is 0.477. The van der Waals surface area contributed by atoms with Crippen molar-refractivity contribution in [2.24, 2.45) is 5.41 Å². The van der Waals surface area contributed by atoms with E-state index in [2.05, 4.69) is 15.3 Å². The van der Waals surface area contributed by atoms with Gasteiger partial charge in [0.05, 0.1) is 0 Å². The second-order valence-corrected chi connectivity index (χ2v) is 5.10. The zero-order chi connectivity index (χ0) is 13.8. The van der Waals surface area contributed by atoms with Crippen molar-refractivity contribution in [3.05, 3.63) is 18.0 Å². The van der Waals surface area contributed by atoms with Gasteiger partial charge in [-0.15, -0.1) is 11.6 Å². The Morgan fingerprint density at radius 3 is 2.56 bits per heavy atom. The second-order valence-electron chi connectivity index (χ2n) is 4.72. The van der Waals surface area contributed by atoms with Crippen molar-refractivity contribution in [3.8, 4) is 0 Å². The van der Waals surface area contributed by atoms with Gasteiger partial charge in [-0.1, -0.05) is 13.8 Å². The van der Waals surface area contributed by atoms with Crippen molar-refractivity contribution in [3.63, 3.8) is 0 Å². The number of nitrogens with zero attached hydrogens (tertiary/aromatic N) is 2. The molecule has 1 N–H and O–H groups in total. The molecular weight excluding hydrogens is 267 g/mol. The fraction of sp³-hybridized carbons (Fsp3) is 0.636. The van der Waals surface area contributed by atoms with Crippen LogP contribution in [0.25, 0.3) is 0 Å². The van der Waals surface area contributed by atoms with Gasteiger partial charge in [0.2, 0.25) is 5.95 Å². The predicted octanol–water partition coefficient (Wildman–Crippen LogP) is 3.56. The van der Waals surface area contributed by atoms with Crippen LogP contribution < -0.4 is 5.32 Å². The number of halogens is 4. The lowest BCUT2D eigenvalue weighted by molar-refractivity contribution is -0.141. The minimum absolute atomic E-state index is 0.0209. The van der Waals surface area contributed by atoms with Gasteiger partial charge in [-0.3, -0.25) is 0 Å². The summed E-state index contributed by atoms with van der Waals surface area (Å²) < 4.78 is 37.3. The van der Waals surface area contributed by atoms with Gasteiger partial charge in [-0.05, 0) is 17.9 Å². The van der Waals surface area contributed by atoms with Crippen LogP contribution in [-0.4, -0.2) is 22.4 Å². The average Bonchev–Trinajstić information content (AvgIpc) is 2.26. The van der Waals surface area contributed by atoms with E-state index in [1.165, 1.54) is 0 Å². The summed E-state index contributed by atoms with van der Waals surface area (Å²) in [6.45, 7) is 4.40. The second kappa shape index (κ2) is 5.73. The van der Waals surface area contributed by atoms with Crippen molar-refractivity contribution >= 4 is 17.5 Å². The van der Waals surface area contributed by atoms with Crippen LogP contribution in [0, 0.1) is 5.41 Å². The maximum absolute atomic E-state index is 12.4. The number of alkyl halides is 4. The van der Waals surface area contributed by atoms with Gasteiger partial charge in [-0.25, -0.2) is 9.97 Å². The number of rotatable bonds is 5. The Balaban J connectivity index is 2.69. The van der Waals surface area contributed by atoms with Crippen molar-refractivity contribution in [1.29, 1.82) is 0 Å². The Morgan fingerprint density at radius 1 is 1.33 bits per heavy atom. The molecule has 0 saturated heterocycles. The molecule has 0 unspecified atom stereocenters. The summed E-state index contributed by atoms with van der Waals surface area (Å²) in [4.78, 5) is 7.19. The molecule has 7 heteroatoms. The minimum Gasteiger partial charge on any atom is -0.354 e. The molecule has 0 fully saturated rings. The Labute approximate surface area is 109 Å². The van der Waals surface area contributed by atoms with Gasteiger partial charge < -0.3 is 5.32 Å². The first kappa shape index (κ1) is 15.0. The van der Waals surface area contributed by atoms with Crippen molar-refractivity contribution < 1.29 is 13.2 Å². The highest BCUT2D eigenvalue weighted by Gasteiger charge is 2.32. The molecule has 0 spiro atoms. The van der Waals surface area contributed by atoms with Crippen molar-refractivity contribution in [1.82, 2.24) is 9.97 Å². The molecule has 0 aliphatic rings. The molecule has 1 aromatic heterocycles. The van der Waals surface area contributed by atoms with E-state index in [1.54, 1.807) is 0 Å². The molecule has 0 radical (unpaired) electrons. The van der Waals surface area contributed by atoms with Gasteiger partial charge in [-0.2, -0.15) is 13.2 Å². The highest BCUT2D eigenvalue weighted by atomic mass is 35.5. The predicted molar refractivity (Wildman–Crippen MR) is 64.6 cm³/mol. The lowest BCUT2D eigenvalue weighted by Gasteiger charge is -2.23. The largest absolute Gasteiger partial charge is 0.433 e. The van der Waals surface area contributed by atoms with Gasteiger partial charge in [0.25, 0.3) is 0 Å². The molecule has 1 heterocycles. The first-order valence-corrected chi connectivity index (χ1v) is 5.98. The standard InChI is InChI=1S/C11H15ClF3N3/c1-10(2,4-5-12)7-17-9-16-6-3-8(18-9)11(13,14)15/h3,6H,4-5,7H2,1-2H3,(H,16,17,18). The summed E-state index contributed by atoms with van der Waals surface area (Å²) in [5, 5.41) is 2.80. The van der Waals surface area contributed by atoms with Crippen LogP contribution in [0.1, 0.15) is 26.0 Å². The van der Waals surface area contributed by atoms with E-state index in [1.807, 2.05) is 13.8 Å². The summed E-state index contributed by atoms with van der Waals surface area (Å²) in [7, 11) is 0. The van der Waals surface area contributed by atoms with Gasteiger partial charge in [0, 0.05) is 18.6 Å². The van der Waals surface area contributed by atoms with Gasteiger partial charge in [0.1, 0.15) is 5.69 Å². The van der Waals surface area contributed by atoms with Crippen LogP contribution in [0.5, 0.6) is 0 Å². The molecule has 0 saturated carbocycles. The maximum atomic E-state index is 12.4. The first-order valence-electron chi connectivity index (χ1n) is 5.45. The monoisotopic (exact) mass is 281 g/mol. The number of nitrogens with one attached hydrogen (secondary N) is 1. The van der Waals surface area contributed by atoms with Gasteiger partial charge >= 0.3 is 6.18 Å². The number of aromatic nitrogens is 2. The van der Waals surface area contributed by atoms with E-state index in [-0.39, 0.29) is 11.4 Å². The van der Waals surface area contributed by atoms with Crippen LogP contribution in [0.4, 0.5) is 19.1 Å². The molecule has 0 aliphatic carbocycles. The third kappa shape index (κ3) is 4.68. The Bertz CT molecular complexity index is 393. The van der Waals surface area contributed by atoms with E-state index < -0.39 is 11.9 Å². The van der Waals surface area contributed by atoms with Crippen molar-refractivity contribution in [2.45, 2.75) is 26.4 Å². The Morgan fingerprint density at radius 2 is 2.00 bits per heavy atom. The minimum atomic E-state index is -4.45. The van der Waals surface area contributed by atoms with E-state index in [0.29, 0.717) is 12.4 Å². The van der Waals surface area contributed by atoms with Crippen molar-refractivity contribution in [2.75, 3.05) is 17.7 Å². The number of hydrogen-bond donors (Lipinski definition) is 1. The summed E-state index contributed by atoms with van der Waals surface area (Å²) in [5.41, 5.74) is -1.07. The first-order chi connectivity index (χ1) is 8.24. The van der Waals surface area contributed by atoms with Crippen LogP contribution >= 0.6 is 11.6 Å². The van der Waals surface area contributed by atoms with Crippen LogP contribution in [-0.2, 0) is 6.18 Å². The molecule has 102 valence electrons. The normalized spacial score (nSPS) is 12.6. The van der Waals surface area contributed by atoms with E-state index in [0.717, 1.165) is 18.7 Å². The smallest absolute Gasteiger partial charge is 0.354 e.